The van der Waals surface area contributed by atoms with E-state index in [2.05, 4.69) is 39.7 Å². The molecule has 0 aliphatic rings. The van der Waals surface area contributed by atoms with Crippen molar-refractivity contribution in [1.82, 2.24) is 15.6 Å². The fourth-order valence-electron chi connectivity index (χ4n) is 2.55. The topological polar surface area (TPSA) is 71.7 Å². The van der Waals surface area contributed by atoms with Crippen LogP contribution in [0.25, 0.3) is 0 Å². The molecule has 150 valence electrons. The summed E-state index contributed by atoms with van der Waals surface area (Å²) < 4.78 is 10.8. The maximum absolute atomic E-state index is 5.57. The summed E-state index contributed by atoms with van der Waals surface area (Å²) in [4.78, 5) is 8.90. The van der Waals surface area contributed by atoms with Crippen LogP contribution in [0.1, 0.15) is 42.7 Å². The van der Waals surface area contributed by atoms with Crippen molar-refractivity contribution < 1.29 is 9.15 Å². The molecule has 0 saturated heterocycles. The predicted molar refractivity (Wildman–Crippen MR) is 120 cm³/mol. The number of methoxy groups -OCH3 is 1. The van der Waals surface area contributed by atoms with E-state index in [0.29, 0.717) is 12.4 Å². The lowest BCUT2D eigenvalue weighted by Crippen LogP contribution is -2.37. The van der Waals surface area contributed by atoms with Crippen molar-refractivity contribution in [3.63, 3.8) is 0 Å². The van der Waals surface area contributed by atoms with E-state index in [1.165, 1.54) is 5.56 Å². The van der Waals surface area contributed by atoms with Crippen LogP contribution in [-0.4, -0.2) is 31.1 Å². The van der Waals surface area contributed by atoms with E-state index in [-0.39, 0.29) is 24.0 Å². The Morgan fingerprint density at radius 1 is 1.15 bits per heavy atom. The van der Waals surface area contributed by atoms with Gasteiger partial charge in [-0.25, -0.2) is 9.98 Å². The average Bonchev–Trinajstić information content (AvgIpc) is 2.97. The van der Waals surface area contributed by atoms with Crippen molar-refractivity contribution in [2.45, 2.75) is 46.6 Å². The molecule has 0 unspecified atom stereocenters. The molecule has 2 N–H and O–H groups in total. The van der Waals surface area contributed by atoms with Crippen LogP contribution in [0.2, 0.25) is 0 Å². The van der Waals surface area contributed by atoms with Crippen LogP contribution in [0.3, 0.4) is 0 Å². The van der Waals surface area contributed by atoms with Crippen molar-refractivity contribution in [3.05, 3.63) is 47.2 Å². The van der Waals surface area contributed by atoms with Crippen molar-refractivity contribution in [2.24, 2.45) is 4.99 Å². The quantitative estimate of drug-likeness (QED) is 0.243. The number of nitrogens with zero attached hydrogens (tertiary/aromatic N) is 2. The van der Waals surface area contributed by atoms with Gasteiger partial charge in [-0.3, -0.25) is 0 Å². The number of benzene rings is 1. The maximum Gasteiger partial charge on any atom is 0.216 e. The number of aromatic nitrogens is 1. The molecule has 2 aromatic rings. The van der Waals surface area contributed by atoms with Gasteiger partial charge < -0.3 is 19.8 Å². The van der Waals surface area contributed by atoms with Gasteiger partial charge in [0.15, 0.2) is 5.96 Å². The second kappa shape index (κ2) is 12.6. The number of aliphatic imine (C=N–C) groups is 1. The summed E-state index contributed by atoms with van der Waals surface area (Å²) in [6.45, 7) is 8.06. The van der Waals surface area contributed by atoms with Crippen LogP contribution in [0.5, 0.6) is 5.75 Å². The number of oxazole rings is 1. The molecular weight excluding hydrogens is 455 g/mol. The fourth-order valence-corrected chi connectivity index (χ4v) is 2.55. The van der Waals surface area contributed by atoms with Crippen molar-refractivity contribution in [1.29, 1.82) is 0 Å². The zero-order valence-corrected chi connectivity index (χ0v) is 19.0. The number of halogens is 1. The van der Waals surface area contributed by atoms with Gasteiger partial charge in [-0.05, 0) is 57.7 Å². The van der Waals surface area contributed by atoms with Gasteiger partial charge in [0.25, 0.3) is 0 Å². The largest absolute Gasteiger partial charge is 0.497 e. The minimum atomic E-state index is 0. The molecule has 1 aromatic heterocycles. The van der Waals surface area contributed by atoms with Gasteiger partial charge in [0.05, 0.1) is 12.8 Å². The Hall–Kier alpha value is -1.77. The first-order valence-corrected chi connectivity index (χ1v) is 9.20. The highest BCUT2D eigenvalue weighted by atomic mass is 127. The smallest absolute Gasteiger partial charge is 0.216 e. The Morgan fingerprint density at radius 2 is 1.89 bits per heavy atom. The lowest BCUT2D eigenvalue weighted by atomic mass is 10.1. The van der Waals surface area contributed by atoms with Crippen LogP contribution < -0.4 is 15.4 Å². The molecule has 6 nitrogen and oxygen atoms in total. The third-order valence-corrected chi connectivity index (χ3v) is 4.13. The Bertz CT molecular complexity index is 679. The zero-order valence-electron chi connectivity index (χ0n) is 16.7. The summed E-state index contributed by atoms with van der Waals surface area (Å²) in [5.74, 6) is 3.20. The van der Waals surface area contributed by atoms with Gasteiger partial charge in [0, 0.05) is 13.1 Å². The van der Waals surface area contributed by atoms with Gasteiger partial charge in [0.1, 0.15) is 18.1 Å². The minimum Gasteiger partial charge on any atom is -0.497 e. The highest BCUT2D eigenvalue weighted by Gasteiger charge is 2.05. The first-order valence-electron chi connectivity index (χ1n) is 9.20. The van der Waals surface area contributed by atoms with E-state index in [1.54, 1.807) is 7.11 Å². The normalized spacial score (nSPS) is 11.0. The highest BCUT2D eigenvalue weighted by molar-refractivity contribution is 14.0. The lowest BCUT2D eigenvalue weighted by molar-refractivity contribution is 0.414. The molecule has 0 atom stereocenters. The van der Waals surface area contributed by atoms with E-state index >= 15 is 0 Å². The highest BCUT2D eigenvalue weighted by Crippen LogP contribution is 2.13. The molecule has 0 bridgehead atoms. The summed E-state index contributed by atoms with van der Waals surface area (Å²) >= 11 is 0. The van der Waals surface area contributed by atoms with Gasteiger partial charge >= 0.3 is 0 Å². The van der Waals surface area contributed by atoms with Crippen molar-refractivity contribution >= 4 is 29.9 Å². The van der Waals surface area contributed by atoms with Crippen LogP contribution >= 0.6 is 24.0 Å². The minimum absolute atomic E-state index is 0. The molecule has 0 amide bonds. The number of rotatable bonds is 9. The average molecular weight is 486 g/mol. The summed E-state index contributed by atoms with van der Waals surface area (Å²) in [6, 6.07) is 8.27. The zero-order chi connectivity index (χ0) is 18.8. The molecule has 0 fully saturated rings. The Kier molecular flexibility index (Phi) is 10.8. The standard InChI is InChI=1S/C20H30N4O2.HI/c1-5-21-20(23-14-19-24-15(2)16(3)26-19)22-13-7-6-8-17-9-11-18(25-4)12-10-17;/h9-12H,5-8,13-14H2,1-4H3,(H2,21,22,23);1H. The summed E-state index contributed by atoms with van der Waals surface area (Å²) in [5, 5.41) is 6.62. The number of unbranched alkanes of at least 4 members (excludes halogenated alkanes) is 1. The molecule has 27 heavy (non-hydrogen) atoms. The van der Waals surface area contributed by atoms with Crippen molar-refractivity contribution in [3.8, 4) is 5.75 Å². The molecule has 1 aromatic carbocycles. The molecular formula is C20H31IN4O2. The van der Waals surface area contributed by atoms with Crippen molar-refractivity contribution in [2.75, 3.05) is 20.2 Å². The van der Waals surface area contributed by atoms with Gasteiger partial charge in [-0.1, -0.05) is 12.1 Å². The number of aryl methyl sites for hydroxylation is 3. The Labute approximate surface area is 179 Å². The second-order valence-corrected chi connectivity index (χ2v) is 6.18. The van der Waals surface area contributed by atoms with Crippen LogP contribution in [0.4, 0.5) is 0 Å². The Morgan fingerprint density at radius 3 is 2.48 bits per heavy atom. The molecule has 0 aliphatic heterocycles. The fraction of sp³-hybridized carbons (Fsp3) is 0.500. The molecule has 0 radical (unpaired) electrons. The molecule has 7 heteroatoms. The van der Waals surface area contributed by atoms with Crippen LogP contribution in [0.15, 0.2) is 33.7 Å². The molecule has 0 saturated carbocycles. The Balaban J connectivity index is 0.00000364. The number of ether oxygens (including phenoxy) is 1. The number of guanidine groups is 1. The number of hydrogen-bond donors (Lipinski definition) is 2. The molecule has 1 heterocycles. The SMILES string of the molecule is CCNC(=NCc1nc(C)c(C)o1)NCCCCc1ccc(OC)cc1.I. The van der Waals surface area contributed by atoms with E-state index in [4.69, 9.17) is 9.15 Å². The van der Waals surface area contributed by atoms with Crippen LogP contribution in [-0.2, 0) is 13.0 Å². The van der Waals surface area contributed by atoms with E-state index < -0.39 is 0 Å². The van der Waals surface area contributed by atoms with Gasteiger partial charge in [-0.15, -0.1) is 24.0 Å². The first-order chi connectivity index (χ1) is 12.6. The molecule has 0 aliphatic carbocycles. The third kappa shape index (κ3) is 8.19. The van der Waals surface area contributed by atoms with E-state index in [0.717, 1.165) is 55.5 Å². The summed E-state index contributed by atoms with van der Waals surface area (Å²) in [7, 11) is 1.69. The lowest BCUT2D eigenvalue weighted by Gasteiger charge is -2.10. The summed E-state index contributed by atoms with van der Waals surface area (Å²) in [5.41, 5.74) is 2.26. The molecule has 2 rings (SSSR count). The van der Waals surface area contributed by atoms with E-state index in [1.807, 2.05) is 26.0 Å². The first kappa shape index (κ1) is 23.3. The second-order valence-electron chi connectivity index (χ2n) is 6.18. The van der Waals surface area contributed by atoms with E-state index in [9.17, 15) is 0 Å². The van der Waals surface area contributed by atoms with Crippen LogP contribution in [0, 0.1) is 13.8 Å². The number of hydrogen-bond acceptors (Lipinski definition) is 4. The van der Waals surface area contributed by atoms with Gasteiger partial charge in [0.2, 0.25) is 5.89 Å². The predicted octanol–water partition coefficient (Wildman–Crippen LogP) is 4.00. The summed E-state index contributed by atoms with van der Waals surface area (Å²) in [6.07, 6.45) is 3.26. The number of nitrogens with one attached hydrogen (secondary N) is 2. The monoisotopic (exact) mass is 486 g/mol. The maximum atomic E-state index is 5.57. The van der Waals surface area contributed by atoms with Gasteiger partial charge in [-0.2, -0.15) is 0 Å². The molecule has 0 spiro atoms. The third-order valence-electron chi connectivity index (χ3n) is 4.13.